The van der Waals surface area contributed by atoms with E-state index in [9.17, 15) is 9.59 Å². The van der Waals surface area contributed by atoms with E-state index < -0.39 is 11.9 Å². The van der Waals surface area contributed by atoms with Crippen molar-refractivity contribution in [3.8, 4) is 11.4 Å². The molecule has 0 saturated carbocycles. The largest absolute Gasteiger partial charge is 0.486 e. The van der Waals surface area contributed by atoms with Crippen molar-refractivity contribution in [3.63, 3.8) is 0 Å². The number of aromatic nitrogens is 2. The van der Waals surface area contributed by atoms with Gasteiger partial charge in [-0.05, 0) is 82.3 Å². The molecule has 0 fully saturated rings. The second kappa shape index (κ2) is 12.0. The van der Waals surface area contributed by atoms with Gasteiger partial charge in [0.2, 0.25) is 0 Å². The zero-order valence-corrected chi connectivity index (χ0v) is 23.5. The molecule has 9 heteroatoms. The maximum Gasteiger partial charge on any atom is 0.328 e. The van der Waals surface area contributed by atoms with Crippen LogP contribution in [0.2, 0.25) is 0 Å². The van der Waals surface area contributed by atoms with E-state index >= 15 is 0 Å². The number of fused-ring (bicyclic) bond motifs is 1. The molecule has 5 rings (SSSR count). The van der Waals surface area contributed by atoms with Gasteiger partial charge in [-0.25, -0.2) is 10.2 Å². The standard InChI is InChI=1S/C32H32N4O5/c1-5-39-32(38)23(4)35-19-24(28-8-6-7-9-29(28)35)18-33-34-31(37)30-17-16-27(41-30)20-40-26-14-12-25(13-15-26)36-21(2)10-11-22(36)3/h6-19,23H,5,20H2,1-4H3,(H,34,37)/b33-18+/t23-/m1/s1. The molecule has 1 N–H and O–H groups in total. The third-order valence-electron chi connectivity index (χ3n) is 6.82. The highest BCUT2D eigenvalue weighted by molar-refractivity contribution is 6.00. The maximum absolute atomic E-state index is 12.6. The maximum atomic E-state index is 12.6. The Bertz CT molecular complexity index is 1690. The summed E-state index contributed by atoms with van der Waals surface area (Å²) in [4.78, 5) is 24.9. The Kier molecular flexibility index (Phi) is 8.05. The molecule has 0 unspecified atom stereocenters. The fourth-order valence-corrected chi connectivity index (χ4v) is 4.75. The predicted molar refractivity (Wildman–Crippen MR) is 157 cm³/mol. The van der Waals surface area contributed by atoms with Gasteiger partial charge in [0, 0.05) is 39.7 Å². The Morgan fingerprint density at radius 2 is 1.73 bits per heavy atom. The fourth-order valence-electron chi connectivity index (χ4n) is 4.75. The van der Waals surface area contributed by atoms with Crippen LogP contribution in [0.3, 0.4) is 0 Å². The smallest absolute Gasteiger partial charge is 0.328 e. The van der Waals surface area contributed by atoms with Crippen LogP contribution in [0.4, 0.5) is 0 Å². The molecule has 9 nitrogen and oxygen atoms in total. The van der Waals surface area contributed by atoms with Crippen LogP contribution >= 0.6 is 0 Å². The molecule has 0 aliphatic heterocycles. The fraction of sp³-hybridized carbons (Fsp3) is 0.219. The zero-order valence-electron chi connectivity index (χ0n) is 23.5. The van der Waals surface area contributed by atoms with E-state index in [1.54, 1.807) is 32.2 Å². The minimum atomic E-state index is -0.508. The van der Waals surface area contributed by atoms with E-state index in [2.05, 4.69) is 41.1 Å². The predicted octanol–water partition coefficient (Wildman–Crippen LogP) is 6.11. The molecule has 1 amide bonds. The summed E-state index contributed by atoms with van der Waals surface area (Å²) in [5, 5.41) is 5.01. The number of furan rings is 1. The summed E-state index contributed by atoms with van der Waals surface area (Å²) in [6.07, 6.45) is 3.36. The van der Waals surface area contributed by atoms with Crippen LogP contribution in [0.5, 0.6) is 5.75 Å². The summed E-state index contributed by atoms with van der Waals surface area (Å²) in [5.74, 6) is 0.517. The summed E-state index contributed by atoms with van der Waals surface area (Å²) in [7, 11) is 0. The van der Waals surface area contributed by atoms with Gasteiger partial charge in [-0.1, -0.05) is 18.2 Å². The zero-order chi connectivity index (χ0) is 28.9. The third kappa shape index (κ3) is 5.94. The van der Waals surface area contributed by atoms with Gasteiger partial charge < -0.3 is 23.0 Å². The monoisotopic (exact) mass is 552 g/mol. The highest BCUT2D eigenvalue weighted by atomic mass is 16.5. The molecule has 41 heavy (non-hydrogen) atoms. The first-order valence-electron chi connectivity index (χ1n) is 13.4. The lowest BCUT2D eigenvalue weighted by molar-refractivity contribution is -0.146. The number of hydrogen-bond donors (Lipinski definition) is 1. The number of nitrogens with zero attached hydrogens (tertiary/aromatic N) is 3. The second-order valence-electron chi connectivity index (χ2n) is 9.64. The van der Waals surface area contributed by atoms with E-state index in [0.717, 1.165) is 33.5 Å². The van der Waals surface area contributed by atoms with Gasteiger partial charge in [0.1, 0.15) is 24.2 Å². The topological polar surface area (TPSA) is 100.0 Å². The molecule has 3 heterocycles. The summed E-state index contributed by atoms with van der Waals surface area (Å²) >= 11 is 0. The average Bonchev–Trinajstić information content (AvgIpc) is 3.69. The van der Waals surface area contributed by atoms with E-state index in [-0.39, 0.29) is 18.3 Å². The average molecular weight is 553 g/mol. The van der Waals surface area contributed by atoms with Crippen LogP contribution in [0.1, 0.15) is 53.2 Å². The molecule has 1 atom stereocenters. The first kappa shape index (κ1) is 27.5. The van der Waals surface area contributed by atoms with Gasteiger partial charge in [0.25, 0.3) is 0 Å². The third-order valence-corrected chi connectivity index (χ3v) is 6.82. The van der Waals surface area contributed by atoms with Crippen LogP contribution < -0.4 is 10.2 Å². The van der Waals surface area contributed by atoms with Crippen molar-refractivity contribution in [2.24, 2.45) is 5.10 Å². The Hall–Kier alpha value is -5.05. The lowest BCUT2D eigenvalue weighted by atomic mass is 10.2. The van der Waals surface area contributed by atoms with Gasteiger partial charge in [-0.15, -0.1) is 0 Å². The van der Waals surface area contributed by atoms with Crippen LogP contribution in [0, 0.1) is 13.8 Å². The molecule has 5 aromatic rings. The number of hydrogen-bond acceptors (Lipinski definition) is 6. The Morgan fingerprint density at radius 3 is 2.46 bits per heavy atom. The molecular formula is C32H32N4O5. The van der Waals surface area contributed by atoms with Crippen molar-refractivity contribution in [1.29, 1.82) is 0 Å². The molecule has 0 spiro atoms. The Morgan fingerprint density at radius 1 is 1.00 bits per heavy atom. The van der Waals surface area contributed by atoms with Gasteiger partial charge in [0.15, 0.2) is 5.76 Å². The molecule has 0 aliphatic rings. The molecule has 0 saturated heterocycles. The number of nitrogens with one attached hydrogen (secondary N) is 1. The van der Waals surface area contributed by atoms with Crippen molar-refractivity contribution in [1.82, 2.24) is 14.6 Å². The number of esters is 1. The van der Waals surface area contributed by atoms with E-state index in [0.29, 0.717) is 18.1 Å². The lowest BCUT2D eigenvalue weighted by Gasteiger charge is -2.13. The number of aryl methyl sites for hydroxylation is 2. The highest BCUT2D eigenvalue weighted by Crippen LogP contribution is 2.25. The number of carbonyl (C=O) groups is 2. The first-order valence-corrected chi connectivity index (χ1v) is 13.4. The van der Waals surface area contributed by atoms with Crippen molar-refractivity contribution in [2.75, 3.05) is 6.61 Å². The van der Waals surface area contributed by atoms with Crippen LogP contribution in [0.25, 0.3) is 16.6 Å². The lowest BCUT2D eigenvalue weighted by Crippen LogP contribution is -2.18. The number of carbonyl (C=O) groups excluding carboxylic acids is 2. The Labute approximate surface area is 238 Å². The van der Waals surface area contributed by atoms with Gasteiger partial charge in [-0.3, -0.25) is 4.79 Å². The normalized spacial score (nSPS) is 12.1. The molecule has 3 aromatic heterocycles. The SMILES string of the molecule is CCOC(=O)[C@@H](C)n1cc(/C=N/NC(=O)c2ccc(COc3ccc(-n4c(C)ccc4C)cc3)o2)c2ccccc21. The van der Waals surface area contributed by atoms with Gasteiger partial charge in [0.05, 0.1) is 12.8 Å². The molecule has 0 aliphatic carbocycles. The minimum absolute atomic E-state index is 0.119. The molecular weight excluding hydrogens is 520 g/mol. The number of rotatable bonds is 10. The van der Waals surface area contributed by atoms with Gasteiger partial charge >= 0.3 is 11.9 Å². The molecule has 210 valence electrons. The van der Waals surface area contributed by atoms with Crippen molar-refractivity contribution >= 4 is 29.0 Å². The van der Waals surface area contributed by atoms with E-state index in [4.69, 9.17) is 13.9 Å². The summed E-state index contributed by atoms with van der Waals surface area (Å²) < 4.78 is 20.7. The Balaban J connectivity index is 1.20. The number of hydrazone groups is 1. The number of benzene rings is 2. The molecule has 0 bridgehead atoms. The molecule has 0 radical (unpaired) electrons. The minimum Gasteiger partial charge on any atom is -0.486 e. The van der Waals surface area contributed by atoms with Crippen LogP contribution in [-0.2, 0) is 16.1 Å². The quantitative estimate of drug-likeness (QED) is 0.128. The summed E-state index contributed by atoms with van der Waals surface area (Å²) in [6.45, 7) is 8.19. The van der Waals surface area contributed by atoms with Crippen LogP contribution in [-0.4, -0.2) is 33.8 Å². The van der Waals surface area contributed by atoms with Crippen molar-refractivity contribution < 1.29 is 23.5 Å². The van der Waals surface area contributed by atoms with Gasteiger partial charge in [-0.2, -0.15) is 5.10 Å². The summed E-state index contributed by atoms with van der Waals surface area (Å²) in [5.41, 5.74) is 7.50. The first-order chi connectivity index (χ1) is 19.9. The summed E-state index contributed by atoms with van der Waals surface area (Å²) in [6, 6.07) is 22.4. The number of para-hydroxylation sites is 1. The molecule has 2 aromatic carbocycles. The number of ether oxygens (including phenoxy) is 2. The highest BCUT2D eigenvalue weighted by Gasteiger charge is 2.19. The number of amides is 1. The van der Waals surface area contributed by atoms with E-state index in [1.807, 2.05) is 59.3 Å². The second-order valence-corrected chi connectivity index (χ2v) is 9.64. The van der Waals surface area contributed by atoms with Crippen LogP contribution in [0.15, 0.2) is 88.5 Å². The van der Waals surface area contributed by atoms with E-state index in [1.165, 1.54) is 0 Å². The van der Waals surface area contributed by atoms with Crippen molar-refractivity contribution in [3.05, 3.63) is 107 Å². The van der Waals surface area contributed by atoms with Crippen molar-refractivity contribution in [2.45, 2.75) is 40.3 Å².